The zero-order valence-corrected chi connectivity index (χ0v) is 11.2. The van der Waals surface area contributed by atoms with Crippen LogP contribution in [-0.2, 0) is 0 Å². The van der Waals surface area contributed by atoms with Gasteiger partial charge < -0.3 is 4.90 Å². The van der Waals surface area contributed by atoms with Crippen molar-refractivity contribution in [1.82, 2.24) is 9.97 Å². The molecule has 3 rings (SSSR count). The highest BCUT2D eigenvalue weighted by Gasteiger charge is 2.23. The van der Waals surface area contributed by atoms with E-state index in [1.165, 1.54) is 19.3 Å². The lowest BCUT2D eigenvalue weighted by atomic mass is 10.0. The molecule has 1 aromatic carbocycles. The number of H-pyrrole nitrogens is 1. The fourth-order valence-corrected chi connectivity index (χ4v) is 2.91. The first kappa shape index (κ1) is 12.2. The number of anilines is 1. The van der Waals surface area contributed by atoms with Gasteiger partial charge in [-0.3, -0.25) is 9.78 Å². The molecule has 4 nitrogen and oxygen atoms in total. The van der Waals surface area contributed by atoms with Crippen LogP contribution in [-0.4, -0.2) is 22.6 Å². The Morgan fingerprint density at radius 1 is 1.37 bits per heavy atom. The summed E-state index contributed by atoms with van der Waals surface area (Å²) in [6, 6.07) is 8.01. The molecular formula is C15H19N3O. The molecule has 0 aliphatic carbocycles. The normalized spacial score (nSPS) is 19.8. The summed E-state index contributed by atoms with van der Waals surface area (Å²) in [4.78, 5) is 21.9. The molecule has 1 atom stereocenters. The summed E-state index contributed by atoms with van der Waals surface area (Å²) in [6.07, 6.45) is 4.73. The van der Waals surface area contributed by atoms with E-state index in [1.807, 2.05) is 24.3 Å². The van der Waals surface area contributed by atoms with Crippen LogP contribution in [0.2, 0.25) is 0 Å². The fourth-order valence-electron chi connectivity index (χ4n) is 2.91. The molecule has 1 unspecified atom stereocenters. The second-order valence-corrected chi connectivity index (χ2v) is 5.16. The first-order valence-corrected chi connectivity index (χ1v) is 7.05. The topological polar surface area (TPSA) is 49.0 Å². The standard InChI is InChI=1S/C15H19N3O/c1-2-11-7-5-6-10-18(11)15-16-13-9-4-3-8-12(13)14(19)17-15/h3-4,8-9,11H,2,5-7,10H2,1H3,(H,16,17,19). The number of hydrogen-bond donors (Lipinski definition) is 1. The van der Waals surface area contributed by atoms with Gasteiger partial charge in [-0.2, -0.15) is 0 Å². The molecule has 0 bridgehead atoms. The van der Waals surface area contributed by atoms with Crippen molar-refractivity contribution in [2.45, 2.75) is 38.6 Å². The molecule has 1 saturated heterocycles. The number of aromatic amines is 1. The molecule has 1 fully saturated rings. The van der Waals surface area contributed by atoms with Crippen molar-refractivity contribution in [3.8, 4) is 0 Å². The Kier molecular flexibility index (Phi) is 3.23. The minimum Gasteiger partial charge on any atom is -0.339 e. The molecule has 1 aliphatic rings. The summed E-state index contributed by atoms with van der Waals surface area (Å²) in [5, 5.41) is 0.663. The van der Waals surface area contributed by atoms with Gasteiger partial charge in [0.2, 0.25) is 5.95 Å². The van der Waals surface area contributed by atoms with Crippen molar-refractivity contribution < 1.29 is 0 Å². The predicted octanol–water partition coefficient (Wildman–Crippen LogP) is 2.69. The van der Waals surface area contributed by atoms with E-state index < -0.39 is 0 Å². The maximum Gasteiger partial charge on any atom is 0.260 e. The maximum absolute atomic E-state index is 12.1. The molecule has 0 amide bonds. The van der Waals surface area contributed by atoms with E-state index in [2.05, 4.69) is 21.8 Å². The fraction of sp³-hybridized carbons (Fsp3) is 0.467. The van der Waals surface area contributed by atoms with Crippen LogP contribution in [0.4, 0.5) is 5.95 Å². The lowest BCUT2D eigenvalue weighted by molar-refractivity contribution is 0.443. The van der Waals surface area contributed by atoms with Crippen LogP contribution in [0.15, 0.2) is 29.1 Å². The van der Waals surface area contributed by atoms with Crippen LogP contribution >= 0.6 is 0 Å². The monoisotopic (exact) mass is 257 g/mol. The van der Waals surface area contributed by atoms with Gasteiger partial charge in [-0.05, 0) is 37.8 Å². The Balaban J connectivity index is 2.07. The second kappa shape index (κ2) is 5.03. The third-order valence-corrected chi connectivity index (χ3v) is 3.97. The Bertz CT molecular complexity index is 635. The van der Waals surface area contributed by atoms with Crippen LogP contribution in [0, 0.1) is 0 Å². The van der Waals surface area contributed by atoms with Crippen LogP contribution in [0.5, 0.6) is 0 Å². The number of nitrogens with zero attached hydrogens (tertiary/aromatic N) is 2. The lowest BCUT2D eigenvalue weighted by Gasteiger charge is -2.35. The predicted molar refractivity (Wildman–Crippen MR) is 77.6 cm³/mol. The molecule has 100 valence electrons. The van der Waals surface area contributed by atoms with Crippen molar-refractivity contribution in [3.05, 3.63) is 34.6 Å². The third-order valence-electron chi connectivity index (χ3n) is 3.97. The van der Waals surface area contributed by atoms with Crippen LogP contribution in [0.1, 0.15) is 32.6 Å². The minimum atomic E-state index is -0.0407. The molecule has 0 saturated carbocycles. The van der Waals surface area contributed by atoms with Gasteiger partial charge in [-0.1, -0.05) is 19.1 Å². The largest absolute Gasteiger partial charge is 0.339 e. The van der Waals surface area contributed by atoms with E-state index in [0.29, 0.717) is 11.4 Å². The number of nitrogens with one attached hydrogen (secondary N) is 1. The van der Waals surface area contributed by atoms with Gasteiger partial charge >= 0.3 is 0 Å². The highest BCUT2D eigenvalue weighted by atomic mass is 16.1. The zero-order chi connectivity index (χ0) is 13.2. The maximum atomic E-state index is 12.1. The quantitative estimate of drug-likeness (QED) is 0.900. The molecule has 4 heteroatoms. The van der Waals surface area contributed by atoms with Crippen molar-refractivity contribution in [3.63, 3.8) is 0 Å². The highest BCUT2D eigenvalue weighted by molar-refractivity contribution is 5.78. The average molecular weight is 257 g/mol. The summed E-state index contributed by atoms with van der Waals surface area (Å²) in [6.45, 7) is 3.18. The summed E-state index contributed by atoms with van der Waals surface area (Å²) in [5.74, 6) is 0.732. The number of benzene rings is 1. The van der Waals surface area contributed by atoms with Gasteiger partial charge in [0.1, 0.15) is 0 Å². The first-order valence-electron chi connectivity index (χ1n) is 7.05. The van der Waals surface area contributed by atoms with Gasteiger partial charge in [0, 0.05) is 12.6 Å². The number of rotatable bonds is 2. The number of hydrogen-bond acceptors (Lipinski definition) is 3. The third kappa shape index (κ3) is 2.23. The van der Waals surface area contributed by atoms with E-state index in [1.54, 1.807) is 0 Å². The average Bonchev–Trinajstić information content (AvgIpc) is 2.47. The SMILES string of the molecule is CCC1CCCCN1c1nc2ccccc2c(=O)[nH]1. The van der Waals surface area contributed by atoms with E-state index >= 15 is 0 Å². The number of fused-ring (bicyclic) bond motifs is 1. The zero-order valence-electron chi connectivity index (χ0n) is 11.2. The summed E-state index contributed by atoms with van der Waals surface area (Å²) in [7, 11) is 0. The van der Waals surface area contributed by atoms with Crippen molar-refractivity contribution in [1.29, 1.82) is 0 Å². The number of para-hydroxylation sites is 1. The summed E-state index contributed by atoms with van der Waals surface area (Å²) in [5.41, 5.74) is 0.739. The van der Waals surface area contributed by atoms with Crippen molar-refractivity contribution in [2.75, 3.05) is 11.4 Å². The lowest BCUT2D eigenvalue weighted by Crippen LogP contribution is -2.41. The van der Waals surface area contributed by atoms with E-state index in [9.17, 15) is 4.79 Å². The molecular weight excluding hydrogens is 238 g/mol. The molecule has 2 aromatic rings. The smallest absolute Gasteiger partial charge is 0.260 e. The van der Waals surface area contributed by atoms with Gasteiger partial charge in [-0.25, -0.2) is 4.98 Å². The molecule has 1 aliphatic heterocycles. The molecule has 2 heterocycles. The Labute approximate surface area is 112 Å². The molecule has 1 aromatic heterocycles. The van der Waals surface area contributed by atoms with Crippen LogP contribution < -0.4 is 10.5 Å². The molecule has 19 heavy (non-hydrogen) atoms. The Morgan fingerprint density at radius 3 is 3.05 bits per heavy atom. The van der Waals surface area contributed by atoms with Gasteiger partial charge in [0.25, 0.3) is 5.56 Å². The first-order chi connectivity index (χ1) is 9.29. The molecule has 1 N–H and O–H groups in total. The van der Waals surface area contributed by atoms with E-state index in [0.717, 1.165) is 24.4 Å². The van der Waals surface area contributed by atoms with Gasteiger partial charge in [0.05, 0.1) is 10.9 Å². The summed E-state index contributed by atoms with van der Waals surface area (Å²) >= 11 is 0. The number of piperidine rings is 1. The van der Waals surface area contributed by atoms with Crippen LogP contribution in [0.3, 0.4) is 0 Å². The van der Waals surface area contributed by atoms with E-state index in [4.69, 9.17) is 0 Å². The second-order valence-electron chi connectivity index (χ2n) is 5.16. The van der Waals surface area contributed by atoms with Crippen LogP contribution in [0.25, 0.3) is 10.9 Å². The van der Waals surface area contributed by atoms with Crippen molar-refractivity contribution >= 4 is 16.9 Å². The Hall–Kier alpha value is -1.84. The van der Waals surface area contributed by atoms with Gasteiger partial charge in [-0.15, -0.1) is 0 Å². The molecule has 0 spiro atoms. The number of aromatic nitrogens is 2. The van der Waals surface area contributed by atoms with Crippen molar-refractivity contribution in [2.24, 2.45) is 0 Å². The molecule has 0 radical (unpaired) electrons. The summed E-state index contributed by atoms with van der Waals surface area (Å²) < 4.78 is 0. The minimum absolute atomic E-state index is 0.0407. The van der Waals surface area contributed by atoms with Gasteiger partial charge in [0.15, 0.2) is 0 Å². The highest BCUT2D eigenvalue weighted by Crippen LogP contribution is 2.23. The Morgan fingerprint density at radius 2 is 2.21 bits per heavy atom. The van der Waals surface area contributed by atoms with E-state index in [-0.39, 0.29) is 5.56 Å².